The summed E-state index contributed by atoms with van der Waals surface area (Å²) in [5.74, 6) is 0.0531. The second-order valence-corrected chi connectivity index (χ2v) is 6.26. The van der Waals surface area contributed by atoms with Gasteiger partial charge in [0.25, 0.3) is 0 Å². The van der Waals surface area contributed by atoms with Crippen LogP contribution in [0.25, 0.3) is 0 Å². The minimum Gasteiger partial charge on any atom is -0.423 e. The molecule has 2 heterocycles. The number of benzene rings is 1. The van der Waals surface area contributed by atoms with Crippen LogP contribution in [0.15, 0.2) is 58.7 Å². The van der Waals surface area contributed by atoms with E-state index in [0.717, 1.165) is 22.2 Å². The van der Waals surface area contributed by atoms with Crippen LogP contribution in [0.5, 0.6) is 5.75 Å². The van der Waals surface area contributed by atoms with Crippen molar-refractivity contribution in [1.82, 2.24) is 4.98 Å². The molecule has 1 aliphatic rings. The molecule has 0 radical (unpaired) electrons. The van der Waals surface area contributed by atoms with E-state index in [9.17, 15) is 9.59 Å². The van der Waals surface area contributed by atoms with Crippen molar-refractivity contribution >= 4 is 29.2 Å². The van der Waals surface area contributed by atoms with Crippen LogP contribution in [0.4, 0.5) is 5.69 Å². The first-order chi connectivity index (χ1) is 11.6. The number of esters is 1. The van der Waals surface area contributed by atoms with Crippen LogP contribution in [0.2, 0.25) is 0 Å². The van der Waals surface area contributed by atoms with E-state index in [-0.39, 0.29) is 5.78 Å². The molecule has 0 aliphatic carbocycles. The van der Waals surface area contributed by atoms with Crippen molar-refractivity contribution in [3.05, 3.63) is 59.4 Å². The summed E-state index contributed by atoms with van der Waals surface area (Å²) in [6.45, 7) is 4.27. The molecule has 6 heteroatoms. The Kier molecular flexibility index (Phi) is 4.66. The molecule has 3 rings (SSSR count). The summed E-state index contributed by atoms with van der Waals surface area (Å²) in [6.07, 6.45) is 4.72. The summed E-state index contributed by atoms with van der Waals surface area (Å²) in [7, 11) is 0. The van der Waals surface area contributed by atoms with Gasteiger partial charge in [0.1, 0.15) is 5.75 Å². The Labute approximate surface area is 144 Å². The lowest BCUT2D eigenvalue weighted by molar-refractivity contribution is -0.112. The highest BCUT2D eigenvalue weighted by Gasteiger charge is 2.25. The van der Waals surface area contributed by atoms with Gasteiger partial charge in [-0.1, -0.05) is 11.8 Å². The van der Waals surface area contributed by atoms with E-state index in [1.807, 2.05) is 24.0 Å². The molecule has 0 unspecified atom stereocenters. The van der Waals surface area contributed by atoms with E-state index >= 15 is 0 Å². The maximum atomic E-state index is 12.2. The fraction of sp³-hybridized carbons (Fsp3) is 0.167. The number of allylic oxidation sites excluding steroid dienone is 1. The number of carbonyl (C=O) groups excluding carboxylic acids is 2. The van der Waals surface area contributed by atoms with E-state index in [0.29, 0.717) is 11.3 Å². The fourth-order valence-electron chi connectivity index (χ4n) is 2.41. The zero-order valence-electron chi connectivity index (χ0n) is 13.4. The molecule has 0 saturated carbocycles. The minimum absolute atomic E-state index is 0.00749. The number of rotatable bonds is 4. The molecule has 0 atom stereocenters. The molecule has 0 N–H and O–H groups in total. The SMILES string of the molecule is CCN1/C(=C/C(C)=O)Sc2ccc(OC(=O)c3ccncc3)cc21. The molecular weight excluding hydrogens is 324 g/mol. The number of thioether (sulfide) groups is 1. The van der Waals surface area contributed by atoms with Gasteiger partial charge in [0.15, 0.2) is 5.78 Å². The summed E-state index contributed by atoms with van der Waals surface area (Å²) in [6, 6.07) is 8.70. The van der Waals surface area contributed by atoms with Gasteiger partial charge in [-0.25, -0.2) is 4.79 Å². The van der Waals surface area contributed by atoms with Crippen LogP contribution < -0.4 is 9.64 Å². The number of ketones is 1. The van der Waals surface area contributed by atoms with E-state index < -0.39 is 5.97 Å². The van der Waals surface area contributed by atoms with Crippen molar-refractivity contribution < 1.29 is 14.3 Å². The van der Waals surface area contributed by atoms with Gasteiger partial charge in [-0.3, -0.25) is 9.78 Å². The monoisotopic (exact) mass is 340 g/mol. The number of hydrogen-bond acceptors (Lipinski definition) is 6. The normalized spacial score (nSPS) is 14.6. The Bertz CT molecular complexity index is 818. The van der Waals surface area contributed by atoms with E-state index in [1.54, 1.807) is 36.7 Å². The number of aromatic nitrogens is 1. The standard InChI is InChI=1S/C18H16N2O3S/c1-3-20-15-11-14(23-18(22)13-6-8-19-9-7-13)4-5-16(15)24-17(20)10-12(2)21/h4-11H,3H2,1-2H3/b17-10-. The molecule has 0 fully saturated rings. The summed E-state index contributed by atoms with van der Waals surface area (Å²) in [5, 5.41) is 0.887. The molecule has 24 heavy (non-hydrogen) atoms. The molecular formula is C18H16N2O3S. The largest absolute Gasteiger partial charge is 0.423 e. The third-order valence-corrected chi connectivity index (χ3v) is 4.58. The molecule has 0 amide bonds. The van der Waals surface area contributed by atoms with E-state index in [4.69, 9.17) is 4.74 Å². The molecule has 0 saturated heterocycles. The lowest BCUT2D eigenvalue weighted by Gasteiger charge is -2.18. The second-order valence-electron chi connectivity index (χ2n) is 5.19. The summed E-state index contributed by atoms with van der Waals surface area (Å²) in [5.41, 5.74) is 1.39. The first-order valence-electron chi connectivity index (χ1n) is 7.52. The highest BCUT2D eigenvalue weighted by molar-refractivity contribution is 8.03. The summed E-state index contributed by atoms with van der Waals surface area (Å²) < 4.78 is 5.45. The van der Waals surface area contributed by atoms with Gasteiger partial charge >= 0.3 is 5.97 Å². The molecule has 2 aromatic rings. The van der Waals surface area contributed by atoms with Crippen LogP contribution in [0.3, 0.4) is 0 Å². The number of anilines is 1. The Morgan fingerprint density at radius 3 is 2.67 bits per heavy atom. The third kappa shape index (κ3) is 3.33. The molecule has 1 aromatic heterocycles. The Balaban J connectivity index is 1.85. The summed E-state index contributed by atoms with van der Waals surface area (Å²) in [4.78, 5) is 30.5. The summed E-state index contributed by atoms with van der Waals surface area (Å²) >= 11 is 1.54. The Morgan fingerprint density at radius 1 is 1.25 bits per heavy atom. The lowest BCUT2D eigenvalue weighted by atomic mass is 10.2. The van der Waals surface area contributed by atoms with Crippen molar-refractivity contribution in [2.75, 3.05) is 11.4 Å². The number of carbonyl (C=O) groups is 2. The average molecular weight is 340 g/mol. The molecule has 5 nitrogen and oxygen atoms in total. The first kappa shape index (κ1) is 16.3. The quantitative estimate of drug-likeness (QED) is 0.481. The first-order valence-corrected chi connectivity index (χ1v) is 8.34. The molecule has 1 aromatic carbocycles. The van der Waals surface area contributed by atoms with Crippen molar-refractivity contribution in [3.63, 3.8) is 0 Å². The topological polar surface area (TPSA) is 59.5 Å². The lowest BCUT2D eigenvalue weighted by Crippen LogP contribution is -2.17. The van der Waals surface area contributed by atoms with Crippen molar-refractivity contribution in [1.29, 1.82) is 0 Å². The maximum Gasteiger partial charge on any atom is 0.343 e. The Hall–Kier alpha value is -2.60. The zero-order chi connectivity index (χ0) is 17.1. The van der Waals surface area contributed by atoms with Gasteiger partial charge in [-0.2, -0.15) is 0 Å². The predicted octanol–water partition coefficient (Wildman–Crippen LogP) is 3.66. The molecule has 0 spiro atoms. The molecule has 122 valence electrons. The van der Waals surface area contributed by atoms with Gasteiger partial charge in [-0.15, -0.1) is 0 Å². The maximum absolute atomic E-state index is 12.2. The van der Waals surface area contributed by atoms with Crippen LogP contribution in [-0.4, -0.2) is 23.3 Å². The second kappa shape index (κ2) is 6.88. The van der Waals surface area contributed by atoms with Crippen molar-refractivity contribution in [2.45, 2.75) is 18.7 Å². The van der Waals surface area contributed by atoms with Crippen LogP contribution >= 0.6 is 11.8 Å². The van der Waals surface area contributed by atoms with Gasteiger partial charge < -0.3 is 9.64 Å². The van der Waals surface area contributed by atoms with Gasteiger partial charge in [0, 0.05) is 36.0 Å². The van der Waals surface area contributed by atoms with Gasteiger partial charge in [0.2, 0.25) is 0 Å². The zero-order valence-corrected chi connectivity index (χ0v) is 14.2. The van der Waals surface area contributed by atoms with Crippen molar-refractivity contribution in [2.24, 2.45) is 0 Å². The number of pyridine rings is 1. The smallest absolute Gasteiger partial charge is 0.343 e. The van der Waals surface area contributed by atoms with E-state index in [1.165, 1.54) is 18.7 Å². The number of hydrogen-bond donors (Lipinski definition) is 0. The average Bonchev–Trinajstić information content (AvgIpc) is 2.91. The highest BCUT2D eigenvalue weighted by Crippen LogP contribution is 2.47. The van der Waals surface area contributed by atoms with Gasteiger partial charge in [-0.05, 0) is 38.1 Å². The number of nitrogens with zero attached hydrogens (tertiary/aromatic N) is 2. The van der Waals surface area contributed by atoms with Gasteiger partial charge in [0.05, 0.1) is 16.3 Å². The van der Waals surface area contributed by atoms with Crippen LogP contribution in [0, 0.1) is 0 Å². The molecule has 0 bridgehead atoms. The van der Waals surface area contributed by atoms with Crippen molar-refractivity contribution in [3.8, 4) is 5.75 Å². The third-order valence-electron chi connectivity index (χ3n) is 3.47. The van der Waals surface area contributed by atoms with Crippen LogP contribution in [0.1, 0.15) is 24.2 Å². The van der Waals surface area contributed by atoms with Crippen LogP contribution in [-0.2, 0) is 4.79 Å². The predicted molar refractivity (Wildman–Crippen MR) is 93.3 cm³/mol. The molecule has 1 aliphatic heterocycles. The number of fused-ring (bicyclic) bond motifs is 1. The highest BCUT2D eigenvalue weighted by atomic mass is 32.2. The fourth-order valence-corrected chi connectivity index (χ4v) is 3.60. The number of ether oxygens (including phenoxy) is 1. The Morgan fingerprint density at radius 2 is 2.00 bits per heavy atom. The minimum atomic E-state index is -0.425. The van der Waals surface area contributed by atoms with E-state index in [2.05, 4.69) is 4.98 Å².